The summed E-state index contributed by atoms with van der Waals surface area (Å²) < 4.78 is 65.1. The monoisotopic (exact) mass is 513 g/mol. The van der Waals surface area contributed by atoms with Gasteiger partial charge in [-0.2, -0.15) is 4.31 Å². The molecule has 0 aliphatic heterocycles. The number of ether oxygens (including phenoxy) is 2. The van der Waals surface area contributed by atoms with Crippen LogP contribution in [0.4, 0.5) is 0 Å². The molecule has 0 spiro atoms. The van der Waals surface area contributed by atoms with Crippen molar-refractivity contribution in [1.82, 2.24) is 4.31 Å². The van der Waals surface area contributed by atoms with E-state index in [2.05, 4.69) is 5.92 Å². The van der Waals surface area contributed by atoms with Gasteiger partial charge in [-0.25, -0.2) is 16.8 Å². The quantitative estimate of drug-likeness (QED) is 0.384. The first-order chi connectivity index (χ1) is 16.6. The standard InChI is InChI=1S/C26H27NO6S2/c1-5-16-27(17-15-21-12-14-24(32-3)25(18-21)33-4)35(30,31)26-19-23(13-11-20(26)2)34(28,29)22-9-7-6-8-10-22/h1,6-14,18-19H,15-17H2,2-4H3. The minimum Gasteiger partial charge on any atom is -0.493 e. The molecule has 0 bridgehead atoms. The Morgan fingerprint density at radius 1 is 0.857 bits per heavy atom. The summed E-state index contributed by atoms with van der Waals surface area (Å²) in [4.78, 5) is -0.119. The van der Waals surface area contributed by atoms with Crippen molar-refractivity contribution < 1.29 is 26.3 Å². The van der Waals surface area contributed by atoms with E-state index in [1.807, 2.05) is 6.07 Å². The molecule has 0 atom stereocenters. The second-order valence-electron chi connectivity index (χ2n) is 7.73. The van der Waals surface area contributed by atoms with Gasteiger partial charge >= 0.3 is 0 Å². The van der Waals surface area contributed by atoms with E-state index in [1.54, 1.807) is 37.3 Å². The molecule has 0 saturated heterocycles. The first-order valence-corrected chi connectivity index (χ1v) is 13.6. The third kappa shape index (κ3) is 5.68. The van der Waals surface area contributed by atoms with Crippen molar-refractivity contribution in [3.05, 3.63) is 77.9 Å². The minimum absolute atomic E-state index is 0.0844. The van der Waals surface area contributed by atoms with Crippen molar-refractivity contribution in [3.8, 4) is 23.8 Å². The number of methoxy groups -OCH3 is 2. The van der Waals surface area contributed by atoms with Crippen LogP contribution in [0.3, 0.4) is 0 Å². The number of aryl methyl sites for hydroxylation is 1. The predicted molar refractivity (Wildman–Crippen MR) is 134 cm³/mol. The highest BCUT2D eigenvalue weighted by atomic mass is 32.2. The highest BCUT2D eigenvalue weighted by Gasteiger charge is 2.28. The van der Waals surface area contributed by atoms with Gasteiger partial charge in [0.1, 0.15) is 0 Å². The molecule has 0 aliphatic rings. The fourth-order valence-corrected chi connectivity index (χ4v) is 6.56. The molecular weight excluding hydrogens is 486 g/mol. The second kappa shape index (κ2) is 11.0. The zero-order chi connectivity index (χ0) is 25.6. The van der Waals surface area contributed by atoms with Crippen LogP contribution >= 0.6 is 0 Å². The first-order valence-electron chi connectivity index (χ1n) is 10.7. The van der Waals surface area contributed by atoms with Gasteiger partial charge in [0.15, 0.2) is 11.5 Å². The smallest absolute Gasteiger partial charge is 0.244 e. The van der Waals surface area contributed by atoms with Crippen LogP contribution < -0.4 is 9.47 Å². The van der Waals surface area contributed by atoms with Crippen LogP contribution in [0, 0.1) is 19.3 Å². The number of sulfone groups is 1. The van der Waals surface area contributed by atoms with E-state index in [0.717, 1.165) is 5.56 Å². The van der Waals surface area contributed by atoms with E-state index in [1.165, 1.54) is 48.9 Å². The van der Waals surface area contributed by atoms with Gasteiger partial charge in [-0.1, -0.05) is 36.3 Å². The molecule has 0 saturated carbocycles. The van der Waals surface area contributed by atoms with E-state index >= 15 is 0 Å². The molecule has 0 aromatic heterocycles. The Morgan fingerprint density at radius 3 is 2.17 bits per heavy atom. The van der Waals surface area contributed by atoms with E-state index in [9.17, 15) is 16.8 Å². The molecule has 3 aromatic rings. The lowest BCUT2D eigenvalue weighted by molar-refractivity contribution is 0.354. The SMILES string of the molecule is C#CCN(CCc1ccc(OC)c(OC)c1)S(=O)(=O)c1cc(S(=O)(=O)c2ccccc2)ccc1C. The Balaban J connectivity index is 1.95. The number of benzene rings is 3. The Morgan fingerprint density at radius 2 is 1.54 bits per heavy atom. The Labute approximate surface area is 207 Å². The van der Waals surface area contributed by atoms with Crippen LogP contribution in [0.5, 0.6) is 11.5 Å². The molecule has 0 radical (unpaired) electrons. The molecule has 0 aliphatic carbocycles. The van der Waals surface area contributed by atoms with Crippen LogP contribution in [0.1, 0.15) is 11.1 Å². The van der Waals surface area contributed by atoms with Gasteiger partial charge in [0.05, 0.1) is 35.5 Å². The second-order valence-corrected chi connectivity index (χ2v) is 11.6. The number of terminal acetylenes is 1. The summed E-state index contributed by atoms with van der Waals surface area (Å²) >= 11 is 0. The Hall–Kier alpha value is -3.32. The van der Waals surface area contributed by atoms with Gasteiger partial charge in [0.25, 0.3) is 0 Å². The summed E-state index contributed by atoms with van der Waals surface area (Å²) in [6, 6.07) is 17.3. The molecule has 0 fully saturated rings. The van der Waals surface area contributed by atoms with Crippen LogP contribution in [0.15, 0.2) is 81.4 Å². The van der Waals surface area contributed by atoms with E-state index in [0.29, 0.717) is 23.5 Å². The number of rotatable bonds is 10. The summed E-state index contributed by atoms with van der Waals surface area (Å²) in [6.45, 7) is 1.55. The molecule has 7 nitrogen and oxygen atoms in total. The highest BCUT2D eigenvalue weighted by Crippen LogP contribution is 2.29. The Bertz CT molecular complexity index is 1440. The Kier molecular flexibility index (Phi) is 8.22. The fourth-order valence-electron chi connectivity index (χ4n) is 3.58. The number of nitrogens with zero attached hydrogens (tertiary/aromatic N) is 1. The van der Waals surface area contributed by atoms with Crippen LogP contribution in [-0.2, 0) is 26.3 Å². The van der Waals surface area contributed by atoms with Crippen molar-refractivity contribution in [2.45, 2.75) is 28.0 Å². The van der Waals surface area contributed by atoms with Gasteiger partial charge < -0.3 is 9.47 Å². The van der Waals surface area contributed by atoms with Crippen molar-refractivity contribution >= 4 is 19.9 Å². The van der Waals surface area contributed by atoms with Crippen molar-refractivity contribution in [3.63, 3.8) is 0 Å². The summed E-state index contributed by atoms with van der Waals surface area (Å²) in [6.07, 6.45) is 5.84. The van der Waals surface area contributed by atoms with Gasteiger partial charge in [-0.3, -0.25) is 0 Å². The molecular formula is C26H27NO6S2. The summed E-state index contributed by atoms with van der Waals surface area (Å²) in [5.41, 5.74) is 1.25. The van der Waals surface area contributed by atoms with Gasteiger partial charge in [0.2, 0.25) is 19.9 Å². The zero-order valence-electron chi connectivity index (χ0n) is 19.8. The molecule has 9 heteroatoms. The van der Waals surface area contributed by atoms with Crippen molar-refractivity contribution in [2.75, 3.05) is 27.3 Å². The zero-order valence-corrected chi connectivity index (χ0v) is 21.4. The summed E-state index contributed by atoms with van der Waals surface area (Å²) in [7, 11) is -4.92. The maximum Gasteiger partial charge on any atom is 0.244 e. The van der Waals surface area contributed by atoms with Crippen LogP contribution in [0.2, 0.25) is 0 Å². The van der Waals surface area contributed by atoms with Crippen LogP contribution in [-0.4, -0.2) is 48.4 Å². The van der Waals surface area contributed by atoms with Crippen LogP contribution in [0.25, 0.3) is 0 Å². The molecule has 0 amide bonds. The molecule has 3 aromatic carbocycles. The lowest BCUT2D eigenvalue weighted by Gasteiger charge is -2.22. The van der Waals surface area contributed by atoms with Crippen molar-refractivity contribution in [2.24, 2.45) is 0 Å². The third-order valence-electron chi connectivity index (χ3n) is 5.51. The first kappa shape index (κ1) is 26.3. The average Bonchev–Trinajstić information content (AvgIpc) is 2.86. The van der Waals surface area contributed by atoms with E-state index < -0.39 is 19.9 Å². The lowest BCUT2D eigenvalue weighted by atomic mass is 10.1. The van der Waals surface area contributed by atoms with Crippen molar-refractivity contribution in [1.29, 1.82) is 0 Å². The van der Waals surface area contributed by atoms with Gasteiger partial charge in [-0.15, -0.1) is 6.42 Å². The molecule has 3 rings (SSSR count). The van der Waals surface area contributed by atoms with Gasteiger partial charge in [0, 0.05) is 6.54 Å². The normalized spacial score (nSPS) is 11.7. The van der Waals surface area contributed by atoms with E-state index in [4.69, 9.17) is 15.9 Å². The highest BCUT2D eigenvalue weighted by molar-refractivity contribution is 7.91. The fraction of sp³-hybridized carbons (Fsp3) is 0.231. The molecule has 0 unspecified atom stereocenters. The topological polar surface area (TPSA) is 90.0 Å². The predicted octanol–water partition coefficient (Wildman–Crippen LogP) is 3.71. The molecule has 35 heavy (non-hydrogen) atoms. The molecule has 184 valence electrons. The number of sulfonamides is 1. The molecule has 0 N–H and O–H groups in total. The number of hydrogen-bond donors (Lipinski definition) is 0. The summed E-state index contributed by atoms with van der Waals surface area (Å²) in [5, 5.41) is 0. The number of hydrogen-bond acceptors (Lipinski definition) is 6. The summed E-state index contributed by atoms with van der Waals surface area (Å²) in [5.74, 6) is 3.49. The average molecular weight is 514 g/mol. The van der Waals surface area contributed by atoms with Gasteiger partial charge in [-0.05, 0) is 60.9 Å². The maximum atomic E-state index is 13.6. The molecule has 0 heterocycles. The third-order valence-corrected chi connectivity index (χ3v) is 9.26. The minimum atomic E-state index is -4.09. The maximum absolute atomic E-state index is 13.6. The largest absolute Gasteiger partial charge is 0.493 e. The lowest BCUT2D eigenvalue weighted by Crippen LogP contribution is -2.34. The van der Waals surface area contributed by atoms with E-state index in [-0.39, 0.29) is 27.8 Å².